The molecule has 14 heavy (non-hydrogen) atoms. The van der Waals surface area contributed by atoms with Crippen LogP contribution in [0.2, 0.25) is 0 Å². The second kappa shape index (κ2) is 3.61. The van der Waals surface area contributed by atoms with Crippen molar-refractivity contribution in [3.8, 4) is 0 Å². The molecular formula is C9H15N3O2. The molecule has 78 valence electrons. The highest BCUT2D eigenvalue weighted by Crippen LogP contribution is 2.21. The number of nitrogens with zero attached hydrogens (tertiary/aromatic N) is 1. The number of methoxy groups -OCH3 is 1. The first-order valence-corrected chi connectivity index (χ1v) is 4.28. The summed E-state index contributed by atoms with van der Waals surface area (Å²) in [7, 11) is 1.31. The smallest absolute Gasteiger partial charge is 0.426 e. The van der Waals surface area contributed by atoms with E-state index in [0.29, 0.717) is 5.82 Å². The molecule has 3 N–H and O–H groups in total. The quantitative estimate of drug-likeness (QED) is 0.713. The fraction of sp³-hybridized carbons (Fsp3) is 0.444. The molecule has 0 aliphatic carbocycles. The Morgan fingerprint density at radius 2 is 1.93 bits per heavy atom. The normalized spacial score (nSPS) is 10.0. The van der Waals surface area contributed by atoms with Gasteiger partial charge in [0.2, 0.25) is 0 Å². The van der Waals surface area contributed by atoms with Gasteiger partial charge in [-0.05, 0) is 31.9 Å². The summed E-state index contributed by atoms with van der Waals surface area (Å²) in [6, 6.07) is 0. The molecule has 5 heteroatoms. The number of ether oxygens (including phenoxy) is 1. The summed E-state index contributed by atoms with van der Waals surface area (Å²) in [6.07, 6.45) is -0.533. The average molecular weight is 197 g/mol. The van der Waals surface area contributed by atoms with Gasteiger partial charge < -0.3 is 10.5 Å². The lowest BCUT2D eigenvalue weighted by Gasteiger charge is -2.09. The summed E-state index contributed by atoms with van der Waals surface area (Å²) in [6.45, 7) is 5.75. The number of nitrogens with two attached hydrogens (primary N) is 1. The van der Waals surface area contributed by atoms with Gasteiger partial charge in [0.05, 0.1) is 7.11 Å². The molecule has 0 spiro atoms. The number of nitrogens with one attached hydrogen (secondary N) is 1. The molecule has 0 fully saturated rings. The number of carbonyl (C=O) groups is 1. The van der Waals surface area contributed by atoms with Crippen LogP contribution >= 0.6 is 0 Å². The first-order chi connectivity index (χ1) is 6.49. The Bertz CT molecular complexity index is 343. The Kier molecular flexibility index (Phi) is 2.69. The van der Waals surface area contributed by atoms with Crippen LogP contribution in [0.25, 0.3) is 0 Å². The molecule has 1 rings (SSSR count). The van der Waals surface area contributed by atoms with E-state index in [9.17, 15) is 4.79 Å². The molecule has 5 nitrogen and oxygen atoms in total. The van der Waals surface area contributed by atoms with Gasteiger partial charge in [-0.15, -0.1) is 0 Å². The first kappa shape index (κ1) is 10.4. The molecular weight excluding hydrogens is 182 g/mol. The molecule has 0 aliphatic heterocycles. The van der Waals surface area contributed by atoms with Gasteiger partial charge in [0, 0.05) is 5.69 Å². The lowest BCUT2D eigenvalue weighted by Crippen LogP contribution is -2.24. The third-order valence-electron chi connectivity index (χ3n) is 2.45. The van der Waals surface area contributed by atoms with Crippen LogP contribution in [-0.4, -0.2) is 17.9 Å². The zero-order valence-corrected chi connectivity index (χ0v) is 8.84. The van der Waals surface area contributed by atoms with Gasteiger partial charge in [-0.25, -0.2) is 14.9 Å². The van der Waals surface area contributed by atoms with E-state index in [-0.39, 0.29) is 0 Å². The highest BCUT2D eigenvalue weighted by atomic mass is 16.5. The van der Waals surface area contributed by atoms with Crippen molar-refractivity contribution in [3.05, 3.63) is 16.8 Å². The van der Waals surface area contributed by atoms with Crippen molar-refractivity contribution in [1.82, 2.24) is 4.68 Å². The van der Waals surface area contributed by atoms with Gasteiger partial charge in [-0.1, -0.05) is 0 Å². The topological polar surface area (TPSA) is 69.3 Å². The van der Waals surface area contributed by atoms with Crippen LogP contribution in [0.4, 0.5) is 10.6 Å². The van der Waals surface area contributed by atoms with Crippen LogP contribution in [0, 0.1) is 20.8 Å². The third kappa shape index (κ3) is 1.53. The molecule has 1 heterocycles. The molecule has 0 saturated carbocycles. The number of nitrogen functional groups attached to an aromatic ring is 1. The van der Waals surface area contributed by atoms with Crippen molar-refractivity contribution in [1.29, 1.82) is 0 Å². The van der Waals surface area contributed by atoms with E-state index in [1.165, 1.54) is 11.8 Å². The van der Waals surface area contributed by atoms with Crippen LogP contribution in [0.15, 0.2) is 0 Å². The van der Waals surface area contributed by atoms with Gasteiger partial charge in [0.1, 0.15) is 5.82 Å². The Labute approximate surface area is 82.8 Å². The molecule has 1 aromatic rings. The molecule has 0 aromatic carbocycles. The minimum absolute atomic E-state index is 0.533. The predicted octanol–water partition coefficient (Wildman–Crippen LogP) is 1.31. The van der Waals surface area contributed by atoms with E-state index in [1.54, 1.807) is 0 Å². The zero-order chi connectivity index (χ0) is 10.9. The number of hydrogen-bond donors (Lipinski definition) is 2. The van der Waals surface area contributed by atoms with Crippen LogP contribution in [0.1, 0.15) is 16.8 Å². The summed E-state index contributed by atoms with van der Waals surface area (Å²) in [5, 5.41) is 0. The molecule has 0 unspecified atom stereocenters. The molecule has 0 radical (unpaired) electrons. The van der Waals surface area contributed by atoms with E-state index in [4.69, 9.17) is 5.73 Å². The maximum Gasteiger partial charge on any atom is 0.426 e. The SMILES string of the molecule is COC(=O)Nn1c(C)c(C)c(C)c1N. The van der Waals surface area contributed by atoms with Crippen LogP contribution in [0.3, 0.4) is 0 Å². The number of rotatable bonds is 1. The minimum Gasteiger partial charge on any atom is -0.452 e. The van der Waals surface area contributed by atoms with Crippen LogP contribution in [0.5, 0.6) is 0 Å². The van der Waals surface area contributed by atoms with Gasteiger partial charge in [0.25, 0.3) is 0 Å². The molecule has 0 saturated heterocycles. The summed E-state index contributed by atoms with van der Waals surface area (Å²) in [5.74, 6) is 0.533. The van der Waals surface area contributed by atoms with E-state index < -0.39 is 6.09 Å². The van der Waals surface area contributed by atoms with Crippen molar-refractivity contribution in [2.45, 2.75) is 20.8 Å². The van der Waals surface area contributed by atoms with Crippen molar-refractivity contribution >= 4 is 11.9 Å². The Hall–Kier alpha value is -1.65. The maximum absolute atomic E-state index is 11.0. The van der Waals surface area contributed by atoms with Crippen molar-refractivity contribution in [2.24, 2.45) is 0 Å². The largest absolute Gasteiger partial charge is 0.452 e. The number of amides is 1. The lowest BCUT2D eigenvalue weighted by molar-refractivity contribution is 0.183. The number of aromatic nitrogens is 1. The van der Waals surface area contributed by atoms with Crippen molar-refractivity contribution in [2.75, 3.05) is 18.3 Å². The Morgan fingerprint density at radius 1 is 1.36 bits per heavy atom. The van der Waals surface area contributed by atoms with E-state index in [2.05, 4.69) is 10.2 Å². The predicted molar refractivity (Wildman–Crippen MR) is 54.8 cm³/mol. The zero-order valence-electron chi connectivity index (χ0n) is 8.84. The average Bonchev–Trinajstić information content (AvgIpc) is 2.35. The van der Waals surface area contributed by atoms with Crippen LogP contribution in [-0.2, 0) is 4.74 Å². The maximum atomic E-state index is 11.0. The number of hydrogen-bond acceptors (Lipinski definition) is 3. The van der Waals surface area contributed by atoms with E-state index in [0.717, 1.165) is 16.8 Å². The summed E-state index contributed by atoms with van der Waals surface area (Å²) in [5.41, 5.74) is 11.3. The lowest BCUT2D eigenvalue weighted by atomic mass is 10.2. The van der Waals surface area contributed by atoms with Crippen molar-refractivity contribution in [3.63, 3.8) is 0 Å². The standard InChI is InChI=1S/C9H15N3O2/c1-5-6(2)8(10)12(7(5)3)11-9(13)14-4/h10H2,1-4H3,(H,11,13). The molecule has 0 atom stereocenters. The summed E-state index contributed by atoms with van der Waals surface area (Å²) < 4.78 is 6.01. The van der Waals surface area contributed by atoms with Gasteiger partial charge >= 0.3 is 6.09 Å². The fourth-order valence-electron chi connectivity index (χ4n) is 1.26. The number of carbonyl (C=O) groups excluding carboxylic acids is 1. The Balaban J connectivity index is 3.09. The van der Waals surface area contributed by atoms with Gasteiger partial charge in [0.15, 0.2) is 0 Å². The third-order valence-corrected chi connectivity index (χ3v) is 2.45. The molecule has 0 bridgehead atoms. The highest BCUT2D eigenvalue weighted by molar-refractivity contribution is 5.77. The highest BCUT2D eigenvalue weighted by Gasteiger charge is 2.13. The van der Waals surface area contributed by atoms with E-state index >= 15 is 0 Å². The number of anilines is 1. The van der Waals surface area contributed by atoms with Gasteiger partial charge in [-0.2, -0.15) is 0 Å². The minimum atomic E-state index is -0.533. The van der Waals surface area contributed by atoms with Gasteiger partial charge in [-0.3, -0.25) is 0 Å². The fourth-order valence-corrected chi connectivity index (χ4v) is 1.26. The second-order valence-corrected chi connectivity index (χ2v) is 3.16. The summed E-state index contributed by atoms with van der Waals surface area (Å²) in [4.78, 5) is 11.0. The molecule has 0 aliphatic rings. The second-order valence-electron chi connectivity index (χ2n) is 3.16. The van der Waals surface area contributed by atoms with E-state index in [1.807, 2.05) is 20.8 Å². The van der Waals surface area contributed by atoms with Crippen LogP contribution < -0.4 is 11.2 Å². The molecule has 1 aromatic heterocycles. The van der Waals surface area contributed by atoms with Crippen molar-refractivity contribution < 1.29 is 9.53 Å². The monoisotopic (exact) mass is 197 g/mol. The summed E-state index contributed by atoms with van der Waals surface area (Å²) >= 11 is 0. The molecule has 1 amide bonds. The first-order valence-electron chi connectivity index (χ1n) is 4.28. The Morgan fingerprint density at radius 3 is 2.29 bits per heavy atom.